The molecule has 0 aliphatic carbocycles. The average Bonchev–Trinajstić information content (AvgIpc) is 2.80. The molecule has 1 aromatic rings. The Morgan fingerprint density at radius 3 is 3.06 bits per heavy atom. The third-order valence-corrected chi connectivity index (χ3v) is 2.43. The summed E-state index contributed by atoms with van der Waals surface area (Å²) in [6.07, 6.45) is 2.18. The first kappa shape index (κ1) is 10.8. The lowest BCUT2D eigenvalue weighted by Crippen LogP contribution is -2.32. The lowest BCUT2D eigenvalue weighted by molar-refractivity contribution is 0.0853. The van der Waals surface area contributed by atoms with E-state index in [1.54, 1.807) is 12.1 Å². The second-order valence-corrected chi connectivity index (χ2v) is 3.69. The van der Waals surface area contributed by atoms with Crippen LogP contribution in [-0.2, 0) is 4.74 Å². The molecule has 16 heavy (non-hydrogen) atoms. The van der Waals surface area contributed by atoms with Crippen LogP contribution in [0.15, 0.2) is 12.1 Å². The number of carbonyl (C=O) groups excluding carboxylic acids is 1. The van der Waals surface area contributed by atoms with Crippen LogP contribution >= 0.6 is 0 Å². The van der Waals surface area contributed by atoms with Crippen molar-refractivity contribution in [2.24, 2.45) is 0 Å². The second kappa shape index (κ2) is 4.89. The Morgan fingerprint density at radius 1 is 1.56 bits per heavy atom. The van der Waals surface area contributed by atoms with Gasteiger partial charge < -0.3 is 15.8 Å². The van der Waals surface area contributed by atoms with Crippen LogP contribution in [0.5, 0.6) is 0 Å². The Kier molecular flexibility index (Phi) is 3.31. The largest absolute Gasteiger partial charge is 0.382 e. The predicted octanol–water partition coefficient (Wildman–Crippen LogP) is -0.0324. The van der Waals surface area contributed by atoms with Gasteiger partial charge >= 0.3 is 0 Å². The van der Waals surface area contributed by atoms with Crippen molar-refractivity contribution in [3.63, 3.8) is 0 Å². The topological polar surface area (TPSA) is 90.1 Å². The van der Waals surface area contributed by atoms with Crippen molar-refractivity contribution in [3.05, 3.63) is 17.8 Å². The molecule has 1 saturated heterocycles. The van der Waals surface area contributed by atoms with Crippen LogP contribution in [0.1, 0.15) is 23.3 Å². The minimum Gasteiger partial charge on any atom is -0.382 e. The summed E-state index contributed by atoms with van der Waals surface area (Å²) in [5.41, 5.74) is 5.65. The highest BCUT2D eigenvalue weighted by Gasteiger charge is 2.17. The molecule has 1 aliphatic rings. The van der Waals surface area contributed by atoms with Gasteiger partial charge in [-0.05, 0) is 25.0 Å². The third-order valence-electron chi connectivity index (χ3n) is 2.43. The Labute approximate surface area is 93.2 Å². The molecule has 0 aromatic carbocycles. The van der Waals surface area contributed by atoms with Crippen molar-refractivity contribution in [2.45, 2.75) is 18.9 Å². The third kappa shape index (κ3) is 2.66. The highest BCUT2D eigenvalue weighted by Crippen LogP contribution is 2.10. The number of nitrogen functional groups attached to an aromatic ring is 1. The molecule has 86 valence electrons. The lowest BCUT2D eigenvalue weighted by atomic mass is 10.2. The van der Waals surface area contributed by atoms with E-state index < -0.39 is 0 Å². The van der Waals surface area contributed by atoms with E-state index >= 15 is 0 Å². The van der Waals surface area contributed by atoms with Gasteiger partial charge in [0, 0.05) is 13.2 Å². The molecule has 0 spiro atoms. The van der Waals surface area contributed by atoms with E-state index in [1.165, 1.54) is 0 Å². The van der Waals surface area contributed by atoms with Gasteiger partial charge in [0.05, 0.1) is 6.10 Å². The number of amides is 1. The zero-order valence-corrected chi connectivity index (χ0v) is 8.85. The maximum Gasteiger partial charge on any atom is 0.271 e. The molecular weight excluding hydrogens is 208 g/mol. The highest BCUT2D eigenvalue weighted by atomic mass is 16.5. The number of hydrogen-bond donors (Lipinski definition) is 2. The second-order valence-electron chi connectivity index (χ2n) is 3.69. The summed E-state index contributed by atoms with van der Waals surface area (Å²) in [7, 11) is 0. The van der Waals surface area contributed by atoms with Crippen molar-refractivity contribution in [2.75, 3.05) is 18.9 Å². The van der Waals surface area contributed by atoms with Crippen LogP contribution < -0.4 is 11.1 Å². The summed E-state index contributed by atoms with van der Waals surface area (Å²) in [5.74, 6) is 0.0543. The molecule has 2 heterocycles. The standard InChI is InChI=1S/C10H14N4O2/c11-9-4-3-8(13-14-9)10(15)12-6-7-2-1-5-16-7/h3-4,7H,1-2,5-6H2,(H2,11,14)(H,12,15). The van der Waals surface area contributed by atoms with Gasteiger partial charge in [-0.2, -0.15) is 0 Å². The first-order valence-electron chi connectivity index (χ1n) is 5.25. The molecule has 0 saturated carbocycles. The molecule has 6 nitrogen and oxygen atoms in total. The predicted molar refractivity (Wildman–Crippen MR) is 57.8 cm³/mol. The van der Waals surface area contributed by atoms with Gasteiger partial charge in [0.2, 0.25) is 0 Å². The molecule has 1 aliphatic heterocycles. The fourth-order valence-corrected chi connectivity index (χ4v) is 1.57. The van der Waals surface area contributed by atoms with Crippen LogP contribution in [0.4, 0.5) is 5.82 Å². The molecule has 1 atom stereocenters. The SMILES string of the molecule is Nc1ccc(C(=O)NCC2CCCO2)nn1. The number of carbonyl (C=O) groups is 1. The molecule has 3 N–H and O–H groups in total. The van der Waals surface area contributed by atoms with Crippen molar-refractivity contribution in [1.29, 1.82) is 0 Å². The van der Waals surface area contributed by atoms with Gasteiger partial charge in [0.1, 0.15) is 5.82 Å². The number of hydrogen-bond acceptors (Lipinski definition) is 5. The monoisotopic (exact) mass is 222 g/mol. The Morgan fingerprint density at radius 2 is 2.44 bits per heavy atom. The normalized spacial score (nSPS) is 19.6. The zero-order valence-electron chi connectivity index (χ0n) is 8.85. The van der Waals surface area contributed by atoms with E-state index in [0.29, 0.717) is 12.4 Å². The summed E-state index contributed by atoms with van der Waals surface area (Å²) in [6, 6.07) is 3.10. The van der Waals surface area contributed by atoms with Crippen LogP contribution in [0.3, 0.4) is 0 Å². The van der Waals surface area contributed by atoms with Gasteiger partial charge in [-0.25, -0.2) is 0 Å². The van der Waals surface area contributed by atoms with Crippen molar-refractivity contribution in [3.8, 4) is 0 Å². The number of aromatic nitrogens is 2. The lowest BCUT2D eigenvalue weighted by Gasteiger charge is -2.09. The van der Waals surface area contributed by atoms with E-state index in [-0.39, 0.29) is 17.7 Å². The van der Waals surface area contributed by atoms with Crippen molar-refractivity contribution < 1.29 is 9.53 Å². The summed E-state index contributed by atoms with van der Waals surface area (Å²) < 4.78 is 5.39. The summed E-state index contributed by atoms with van der Waals surface area (Å²) >= 11 is 0. The minimum atomic E-state index is -0.247. The van der Waals surface area contributed by atoms with Crippen LogP contribution in [0, 0.1) is 0 Å². The molecule has 1 aromatic heterocycles. The van der Waals surface area contributed by atoms with E-state index in [2.05, 4.69) is 15.5 Å². The molecule has 1 amide bonds. The van der Waals surface area contributed by atoms with Crippen molar-refractivity contribution in [1.82, 2.24) is 15.5 Å². The molecule has 1 fully saturated rings. The van der Waals surface area contributed by atoms with Crippen LogP contribution in [0.25, 0.3) is 0 Å². The maximum absolute atomic E-state index is 11.6. The summed E-state index contributed by atoms with van der Waals surface area (Å²) in [6.45, 7) is 1.30. The van der Waals surface area contributed by atoms with Crippen LogP contribution in [0.2, 0.25) is 0 Å². The quantitative estimate of drug-likeness (QED) is 0.749. The molecule has 1 unspecified atom stereocenters. The number of anilines is 1. The van der Waals surface area contributed by atoms with E-state index in [4.69, 9.17) is 10.5 Å². The molecular formula is C10H14N4O2. The van der Waals surface area contributed by atoms with E-state index in [0.717, 1.165) is 19.4 Å². The molecule has 6 heteroatoms. The van der Waals surface area contributed by atoms with Crippen molar-refractivity contribution >= 4 is 11.7 Å². The number of nitrogens with zero attached hydrogens (tertiary/aromatic N) is 2. The van der Waals surface area contributed by atoms with Crippen LogP contribution in [-0.4, -0.2) is 35.4 Å². The Bertz CT molecular complexity index is 360. The average molecular weight is 222 g/mol. The summed E-state index contributed by atoms with van der Waals surface area (Å²) in [5, 5.41) is 10.1. The van der Waals surface area contributed by atoms with E-state index in [1.807, 2.05) is 0 Å². The zero-order chi connectivity index (χ0) is 11.4. The van der Waals surface area contributed by atoms with Gasteiger partial charge in [-0.3, -0.25) is 4.79 Å². The molecule has 2 rings (SSSR count). The number of nitrogens with two attached hydrogens (primary N) is 1. The van der Waals surface area contributed by atoms with Gasteiger partial charge in [-0.1, -0.05) is 0 Å². The van der Waals surface area contributed by atoms with E-state index in [9.17, 15) is 4.79 Å². The number of nitrogens with one attached hydrogen (secondary N) is 1. The summed E-state index contributed by atoms with van der Waals surface area (Å²) in [4.78, 5) is 11.6. The first-order valence-corrected chi connectivity index (χ1v) is 5.25. The fraction of sp³-hybridized carbons (Fsp3) is 0.500. The smallest absolute Gasteiger partial charge is 0.271 e. The Balaban J connectivity index is 1.85. The van der Waals surface area contributed by atoms with Gasteiger partial charge in [0.15, 0.2) is 5.69 Å². The maximum atomic E-state index is 11.6. The first-order chi connectivity index (χ1) is 7.75. The van der Waals surface area contributed by atoms with Gasteiger partial charge in [0.25, 0.3) is 5.91 Å². The molecule has 0 bridgehead atoms. The van der Waals surface area contributed by atoms with Gasteiger partial charge in [-0.15, -0.1) is 10.2 Å². The Hall–Kier alpha value is -1.69. The molecule has 0 radical (unpaired) electrons. The number of ether oxygens (including phenoxy) is 1. The fourth-order valence-electron chi connectivity index (χ4n) is 1.57. The highest BCUT2D eigenvalue weighted by molar-refractivity contribution is 5.92. The number of rotatable bonds is 3. The minimum absolute atomic E-state index is 0.130.